The standard InChI is InChI=1S/C26H24ClF3N8O/c1-14-9-22(35-24-12-20(37-38-24)16-3-2-4-16)34-23(32-14)10-15-5-8-21(31-13-15)36-25(39)33-17-6-7-19(27)18(11-17)26(28,29)30/h5-9,11-13,16H,2-4,10H2,1H3,(H2,31,33,36,39)(H2,32,34,35,37,38). The van der Waals surface area contributed by atoms with E-state index in [-0.39, 0.29) is 11.5 Å². The van der Waals surface area contributed by atoms with Gasteiger partial charge in [-0.1, -0.05) is 24.1 Å². The molecule has 39 heavy (non-hydrogen) atoms. The molecule has 0 unspecified atom stereocenters. The first-order valence-electron chi connectivity index (χ1n) is 12.2. The Morgan fingerprint density at radius 2 is 1.87 bits per heavy atom. The van der Waals surface area contributed by atoms with E-state index in [0.29, 0.717) is 29.8 Å². The average Bonchev–Trinajstić information content (AvgIpc) is 3.26. The first-order valence-corrected chi connectivity index (χ1v) is 12.6. The van der Waals surface area contributed by atoms with Crippen molar-refractivity contribution >= 4 is 40.8 Å². The zero-order valence-corrected chi connectivity index (χ0v) is 21.5. The molecule has 3 heterocycles. The molecule has 13 heteroatoms. The number of carbonyl (C=O) groups is 1. The number of aryl methyl sites for hydroxylation is 1. The van der Waals surface area contributed by atoms with Crippen molar-refractivity contribution in [3.63, 3.8) is 0 Å². The van der Waals surface area contributed by atoms with Crippen LogP contribution >= 0.6 is 11.6 Å². The van der Waals surface area contributed by atoms with Crippen LogP contribution in [0.1, 0.15) is 53.5 Å². The summed E-state index contributed by atoms with van der Waals surface area (Å²) in [6, 6.07) is 9.55. The molecule has 9 nitrogen and oxygen atoms in total. The van der Waals surface area contributed by atoms with Crippen LogP contribution in [0.25, 0.3) is 0 Å². The topological polar surface area (TPSA) is 121 Å². The molecule has 0 bridgehead atoms. The molecule has 1 aliphatic carbocycles. The fourth-order valence-corrected chi connectivity index (χ4v) is 4.34. The summed E-state index contributed by atoms with van der Waals surface area (Å²) in [7, 11) is 0. The normalized spacial score (nSPS) is 13.6. The number of pyridine rings is 1. The third kappa shape index (κ3) is 6.63. The number of nitrogens with one attached hydrogen (secondary N) is 4. The van der Waals surface area contributed by atoms with Gasteiger partial charge in [-0.05, 0) is 49.6 Å². The van der Waals surface area contributed by atoms with Gasteiger partial charge < -0.3 is 10.6 Å². The lowest BCUT2D eigenvalue weighted by Crippen LogP contribution is -2.20. The summed E-state index contributed by atoms with van der Waals surface area (Å²) in [4.78, 5) is 25.6. The molecule has 1 aliphatic rings. The smallest absolute Gasteiger partial charge is 0.323 e. The van der Waals surface area contributed by atoms with Crippen molar-refractivity contribution in [2.24, 2.45) is 0 Å². The van der Waals surface area contributed by atoms with Crippen molar-refractivity contribution in [1.82, 2.24) is 25.1 Å². The van der Waals surface area contributed by atoms with Crippen LogP contribution in [0.3, 0.4) is 0 Å². The monoisotopic (exact) mass is 556 g/mol. The molecular formula is C26H24ClF3N8O. The molecule has 5 rings (SSSR count). The fraction of sp³-hybridized carbons (Fsp3) is 0.269. The van der Waals surface area contributed by atoms with Gasteiger partial charge in [0.2, 0.25) is 0 Å². The van der Waals surface area contributed by atoms with Gasteiger partial charge in [0, 0.05) is 47.7 Å². The number of alkyl halides is 3. The number of carbonyl (C=O) groups excluding carboxylic acids is 1. The maximum Gasteiger partial charge on any atom is 0.417 e. The van der Waals surface area contributed by atoms with Crippen molar-refractivity contribution in [1.29, 1.82) is 0 Å². The van der Waals surface area contributed by atoms with Gasteiger partial charge in [-0.3, -0.25) is 10.4 Å². The Labute approximate surface area is 226 Å². The van der Waals surface area contributed by atoms with Crippen LogP contribution < -0.4 is 16.0 Å². The second-order valence-electron chi connectivity index (χ2n) is 9.27. The number of benzene rings is 1. The Morgan fingerprint density at radius 3 is 2.56 bits per heavy atom. The van der Waals surface area contributed by atoms with Gasteiger partial charge in [0.05, 0.1) is 10.6 Å². The maximum absolute atomic E-state index is 13.1. The van der Waals surface area contributed by atoms with Crippen LogP contribution in [0.2, 0.25) is 5.02 Å². The second-order valence-corrected chi connectivity index (χ2v) is 9.68. The van der Waals surface area contributed by atoms with E-state index < -0.39 is 22.8 Å². The minimum Gasteiger partial charge on any atom is -0.323 e. The highest BCUT2D eigenvalue weighted by atomic mass is 35.5. The maximum atomic E-state index is 13.1. The number of aromatic nitrogens is 5. The number of H-pyrrole nitrogens is 1. The Morgan fingerprint density at radius 1 is 1.05 bits per heavy atom. The van der Waals surface area contributed by atoms with E-state index >= 15 is 0 Å². The number of amides is 2. The number of nitrogens with zero attached hydrogens (tertiary/aromatic N) is 4. The van der Waals surface area contributed by atoms with Crippen molar-refractivity contribution in [3.8, 4) is 0 Å². The number of urea groups is 1. The summed E-state index contributed by atoms with van der Waals surface area (Å²) in [5, 5.41) is 15.0. The number of hydrogen-bond donors (Lipinski definition) is 4. The summed E-state index contributed by atoms with van der Waals surface area (Å²) in [6.07, 6.45) is 0.924. The number of anilines is 4. The van der Waals surface area contributed by atoms with Gasteiger partial charge in [-0.15, -0.1) is 0 Å². The summed E-state index contributed by atoms with van der Waals surface area (Å²) in [6.45, 7) is 1.88. The number of halogens is 4. The molecule has 1 saturated carbocycles. The van der Waals surface area contributed by atoms with Crippen LogP contribution in [-0.2, 0) is 12.6 Å². The van der Waals surface area contributed by atoms with Gasteiger partial charge in [-0.2, -0.15) is 18.3 Å². The van der Waals surface area contributed by atoms with Crippen LogP contribution in [0.5, 0.6) is 0 Å². The third-order valence-electron chi connectivity index (χ3n) is 6.26. The minimum absolute atomic E-state index is 0.0593. The molecule has 202 valence electrons. The summed E-state index contributed by atoms with van der Waals surface area (Å²) in [5.74, 6) is 2.67. The Balaban J connectivity index is 1.19. The Kier molecular flexibility index (Phi) is 7.38. The first-order chi connectivity index (χ1) is 18.6. The van der Waals surface area contributed by atoms with Crippen molar-refractivity contribution in [2.75, 3.05) is 16.0 Å². The Hall–Kier alpha value is -4.19. The first kappa shape index (κ1) is 26.4. The van der Waals surface area contributed by atoms with E-state index in [1.165, 1.54) is 25.3 Å². The lowest BCUT2D eigenvalue weighted by Gasteiger charge is -2.23. The second kappa shape index (κ2) is 10.9. The van der Waals surface area contributed by atoms with Crippen molar-refractivity contribution < 1.29 is 18.0 Å². The highest BCUT2D eigenvalue weighted by Crippen LogP contribution is 2.37. The van der Waals surface area contributed by atoms with Gasteiger partial charge in [0.15, 0.2) is 5.82 Å². The summed E-state index contributed by atoms with van der Waals surface area (Å²) >= 11 is 5.62. The lowest BCUT2D eigenvalue weighted by molar-refractivity contribution is -0.137. The number of rotatable bonds is 7. The van der Waals surface area contributed by atoms with Crippen LogP contribution in [0.4, 0.5) is 41.1 Å². The average molecular weight is 557 g/mol. The summed E-state index contributed by atoms with van der Waals surface area (Å²) < 4.78 is 39.2. The molecule has 0 saturated heterocycles. The van der Waals surface area contributed by atoms with Gasteiger partial charge in [0.25, 0.3) is 0 Å². The van der Waals surface area contributed by atoms with E-state index in [2.05, 4.69) is 41.1 Å². The largest absolute Gasteiger partial charge is 0.417 e. The van der Waals surface area contributed by atoms with Crippen molar-refractivity contribution in [3.05, 3.63) is 82.0 Å². The highest BCUT2D eigenvalue weighted by molar-refractivity contribution is 6.31. The molecule has 2 amide bonds. The number of hydrogen-bond acceptors (Lipinski definition) is 6. The van der Waals surface area contributed by atoms with Gasteiger partial charge >= 0.3 is 12.2 Å². The SMILES string of the molecule is Cc1cc(Nc2cc(C3CCC3)[nH]n2)nc(Cc2ccc(NC(=O)Nc3ccc(Cl)c(C(F)(F)F)c3)nc2)n1. The predicted octanol–water partition coefficient (Wildman–Crippen LogP) is 6.82. The quantitative estimate of drug-likeness (QED) is 0.198. The molecule has 1 aromatic carbocycles. The summed E-state index contributed by atoms with van der Waals surface area (Å²) in [5.41, 5.74) is 1.62. The van der Waals surface area contributed by atoms with Crippen LogP contribution in [-0.4, -0.2) is 31.2 Å². The molecule has 0 aliphatic heterocycles. The van der Waals surface area contributed by atoms with Crippen LogP contribution in [0, 0.1) is 6.92 Å². The minimum atomic E-state index is -4.64. The lowest BCUT2D eigenvalue weighted by atomic mass is 9.83. The van der Waals surface area contributed by atoms with E-state index in [9.17, 15) is 18.0 Å². The number of aromatic amines is 1. The molecule has 3 aromatic heterocycles. The van der Waals surface area contributed by atoms with Gasteiger partial charge in [0.1, 0.15) is 17.5 Å². The molecule has 4 N–H and O–H groups in total. The molecule has 0 atom stereocenters. The van der Waals surface area contributed by atoms with E-state index in [1.807, 2.05) is 19.1 Å². The van der Waals surface area contributed by atoms with Crippen LogP contribution in [0.15, 0.2) is 48.7 Å². The van der Waals surface area contributed by atoms with E-state index in [1.54, 1.807) is 18.3 Å². The zero-order chi connectivity index (χ0) is 27.6. The molecular weight excluding hydrogens is 533 g/mol. The van der Waals surface area contributed by atoms with E-state index in [0.717, 1.165) is 29.1 Å². The molecule has 0 spiro atoms. The molecule has 4 aromatic rings. The van der Waals surface area contributed by atoms with Gasteiger partial charge in [-0.25, -0.2) is 19.7 Å². The highest BCUT2D eigenvalue weighted by Gasteiger charge is 2.33. The Bertz CT molecular complexity index is 1490. The van der Waals surface area contributed by atoms with Crippen molar-refractivity contribution in [2.45, 2.75) is 44.7 Å². The molecule has 0 radical (unpaired) electrons. The molecule has 1 fully saturated rings. The predicted molar refractivity (Wildman–Crippen MR) is 141 cm³/mol. The van der Waals surface area contributed by atoms with E-state index in [4.69, 9.17) is 11.6 Å². The third-order valence-corrected chi connectivity index (χ3v) is 6.59. The fourth-order valence-electron chi connectivity index (χ4n) is 4.12. The zero-order valence-electron chi connectivity index (χ0n) is 20.7.